The van der Waals surface area contributed by atoms with E-state index in [1.165, 1.54) is 5.56 Å². The number of rotatable bonds is 6. The highest BCUT2D eigenvalue weighted by Gasteiger charge is 2.16. The first-order valence-electron chi connectivity index (χ1n) is 7.37. The molecule has 21 heavy (non-hydrogen) atoms. The lowest BCUT2D eigenvalue weighted by Gasteiger charge is -2.12. The van der Waals surface area contributed by atoms with Crippen LogP contribution in [0.3, 0.4) is 0 Å². The first-order valence-corrected chi connectivity index (χ1v) is 7.37. The molecule has 0 saturated carbocycles. The molecule has 1 aromatic carbocycles. The number of hydrogen-bond donors (Lipinski definition) is 2. The fraction of sp³-hybridized carbons (Fsp3) is 0.375. The van der Waals surface area contributed by atoms with Gasteiger partial charge in [0.1, 0.15) is 18.2 Å². The molecule has 1 unspecified atom stereocenters. The Bertz CT molecular complexity index is 555. The van der Waals surface area contributed by atoms with Crippen molar-refractivity contribution in [3.05, 3.63) is 48.3 Å². The molecule has 1 atom stereocenters. The molecule has 0 spiro atoms. The summed E-state index contributed by atoms with van der Waals surface area (Å²) in [7, 11) is 0. The highest BCUT2D eigenvalue weighted by atomic mass is 16.5. The molecule has 0 radical (unpaired) electrons. The number of nitrogens with one attached hydrogen (secondary N) is 2. The van der Waals surface area contributed by atoms with Gasteiger partial charge < -0.3 is 15.4 Å². The second-order valence-electron chi connectivity index (χ2n) is 5.14. The highest BCUT2D eigenvalue weighted by molar-refractivity contribution is 5.37. The maximum absolute atomic E-state index is 5.83. The van der Waals surface area contributed by atoms with Crippen LogP contribution >= 0.6 is 0 Å². The van der Waals surface area contributed by atoms with E-state index in [0.717, 1.165) is 38.3 Å². The maximum atomic E-state index is 5.83. The zero-order valence-electron chi connectivity index (χ0n) is 12.0. The van der Waals surface area contributed by atoms with Crippen molar-refractivity contribution >= 4 is 5.82 Å². The van der Waals surface area contributed by atoms with E-state index in [-0.39, 0.29) is 6.10 Å². The second-order valence-corrected chi connectivity index (χ2v) is 5.14. The van der Waals surface area contributed by atoms with Crippen molar-refractivity contribution < 1.29 is 4.74 Å². The number of hydrogen-bond acceptors (Lipinski definition) is 5. The molecule has 1 fully saturated rings. The largest absolute Gasteiger partial charge is 0.473 e. The van der Waals surface area contributed by atoms with E-state index < -0.39 is 0 Å². The van der Waals surface area contributed by atoms with Crippen molar-refractivity contribution in [3.8, 4) is 5.88 Å². The van der Waals surface area contributed by atoms with Crippen LogP contribution in [-0.2, 0) is 6.42 Å². The van der Waals surface area contributed by atoms with Crippen LogP contribution in [0.5, 0.6) is 5.88 Å². The van der Waals surface area contributed by atoms with Crippen LogP contribution in [0, 0.1) is 0 Å². The summed E-state index contributed by atoms with van der Waals surface area (Å²) in [5.74, 6) is 1.45. The SMILES string of the molecule is c1ccc(CCNc2cc(OC3CCNC3)ncn2)cc1. The summed E-state index contributed by atoms with van der Waals surface area (Å²) < 4.78 is 5.83. The monoisotopic (exact) mass is 284 g/mol. The van der Waals surface area contributed by atoms with Gasteiger partial charge in [-0.3, -0.25) is 0 Å². The van der Waals surface area contributed by atoms with Gasteiger partial charge in [0.15, 0.2) is 0 Å². The van der Waals surface area contributed by atoms with Crippen molar-refractivity contribution in [2.24, 2.45) is 0 Å². The fourth-order valence-electron chi connectivity index (χ4n) is 2.38. The zero-order chi connectivity index (χ0) is 14.3. The minimum Gasteiger partial charge on any atom is -0.473 e. The lowest BCUT2D eigenvalue weighted by molar-refractivity contribution is 0.214. The lowest BCUT2D eigenvalue weighted by atomic mass is 10.1. The summed E-state index contributed by atoms with van der Waals surface area (Å²) in [4.78, 5) is 8.40. The Morgan fingerprint density at radius 2 is 2.14 bits per heavy atom. The number of aromatic nitrogens is 2. The van der Waals surface area contributed by atoms with Crippen LogP contribution < -0.4 is 15.4 Å². The molecule has 1 aliphatic rings. The quantitative estimate of drug-likeness (QED) is 0.848. The van der Waals surface area contributed by atoms with Gasteiger partial charge in [-0.1, -0.05) is 30.3 Å². The van der Waals surface area contributed by atoms with E-state index >= 15 is 0 Å². The van der Waals surface area contributed by atoms with Crippen LogP contribution in [-0.4, -0.2) is 35.7 Å². The Morgan fingerprint density at radius 1 is 1.24 bits per heavy atom. The summed E-state index contributed by atoms with van der Waals surface area (Å²) in [5, 5.41) is 6.59. The van der Waals surface area contributed by atoms with E-state index in [2.05, 4.69) is 44.9 Å². The van der Waals surface area contributed by atoms with Gasteiger partial charge in [-0.25, -0.2) is 9.97 Å². The smallest absolute Gasteiger partial charge is 0.218 e. The number of benzene rings is 1. The van der Waals surface area contributed by atoms with Crippen molar-refractivity contribution in [2.75, 3.05) is 25.0 Å². The maximum Gasteiger partial charge on any atom is 0.218 e. The molecule has 0 amide bonds. The Kier molecular flexibility index (Phi) is 4.63. The van der Waals surface area contributed by atoms with Crippen molar-refractivity contribution in [1.29, 1.82) is 0 Å². The second kappa shape index (κ2) is 7.04. The molecule has 2 heterocycles. The van der Waals surface area contributed by atoms with Gasteiger partial charge in [0.2, 0.25) is 5.88 Å². The van der Waals surface area contributed by atoms with Crippen LogP contribution in [0.25, 0.3) is 0 Å². The van der Waals surface area contributed by atoms with E-state index in [1.807, 2.05) is 12.1 Å². The predicted octanol–water partition coefficient (Wildman–Crippen LogP) is 1.87. The minimum absolute atomic E-state index is 0.220. The van der Waals surface area contributed by atoms with Crippen LogP contribution in [0.2, 0.25) is 0 Å². The van der Waals surface area contributed by atoms with Gasteiger partial charge in [-0.2, -0.15) is 0 Å². The third-order valence-corrected chi connectivity index (χ3v) is 3.51. The number of anilines is 1. The summed E-state index contributed by atoms with van der Waals surface area (Å²) in [6, 6.07) is 12.3. The van der Waals surface area contributed by atoms with E-state index in [1.54, 1.807) is 6.33 Å². The Balaban J connectivity index is 1.51. The molecule has 1 aromatic heterocycles. The van der Waals surface area contributed by atoms with Crippen molar-refractivity contribution in [2.45, 2.75) is 18.9 Å². The summed E-state index contributed by atoms with van der Waals surface area (Å²) in [5.41, 5.74) is 1.31. The number of ether oxygens (including phenoxy) is 1. The molecule has 110 valence electrons. The Hall–Kier alpha value is -2.14. The molecule has 1 saturated heterocycles. The highest BCUT2D eigenvalue weighted by Crippen LogP contribution is 2.15. The van der Waals surface area contributed by atoms with Gasteiger partial charge >= 0.3 is 0 Å². The fourth-order valence-corrected chi connectivity index (χ4v) is 2.38. The van der Waals surface area contributed by atoms with Gasteiger partial charge in [-0.05, 0) is 24.9 Å². The summed E-state index contributed by atoms with van der Waals surface area (Å²) in [6.07, 6.45) is 3.76. The van der Waals surface area contributed by atoms with Crippen LogP contribution in [0.15, 0.2) is 42.7 Å². The van der Waals surface area contributed by atoms with Crippen molar-refractivity contribution in [1.82, 2.24) is 15.3 Å². The molecular weight excluding hydrogens is 264 g/mol. The Morgan fingerprint density at radius 3 is 2.95 bits per heavy atom. The lowest BCUT2D eigenvalue weighted by Crippen LogP contribution is -2.20. The topological polar surface area (TPSA) is 59.1 Å². The van der Waals surface area contributed by atoms with Crippen LogP contribution in [0.1, 0.15) is 12.0 Å². The summed E-state index contributed by atoms with van der Waals surface area (Å²) >= 11 is 0. The Labute approximate surface area is 124 Å². The molecule has 5 heteroatoms. The predicted molar refractivity (Wildman–Crippen MR) is 82.6 cm³/mol. The van der Waals surface area contributed by atoms with E-state index in [4.69, 9.17) is 4.74 Å². The molecule has 5 nitrogen and oxygen atoms in total. The van der Waals surface area contributed by atoms with Crippen molar-refractivity contribution in [3.63, 3.8) is 0 Å². The molecule has 0 bridgehead atoms. The average Bonchev–Trinajstić information content (AvgIpc) is 3.02. The van der Waals surface area contributed by atoms with Gasteiger partial charge in [0.05, 0.1) is 0 Å². The van der Waals surface area contributed by atoms with Crippen LogP contribution in [0.4, 0.5) is 5.82 Å². The molecule has 1 aliphatic heterocycles. The molecule has 2 N–H and O–H groups in total. The molecular formula is C16H20N4O. The number of nitrogens with zero attached hydrogens (tertiary/aromatic N) is 2. The third-order valence-electron chi connectivity index (χ3n) is 3.51. The van der Waals surface area contributed by atoms with Gasteiger partial charge in [0, 0.05) is 19.2 Å². The standard InChI is InChI=1S/C16H20N4O/c1-2-4-13(5-3-1)6-9-18-15-10-16(20-12-19-15)21-14-7-8-17-11-14/h1-5,10,12,14,17H,6-9,11H2,(H,18,19,20). The molecule has 2 aromatic rings. The normalized spacial score (nSPS) is 17.6. The van der Waals surface area contributed by atoms with E-state index in [0.29, 0.717) is 5.88 Å². The minimum atomic E-state index is 0.220. The van der Waals surface area contributed by atoms with Gasteiger partial charge in [0.25, 0.3) is 0 Å². The zero-order valence-corrected chi connectivity index (χ0v) is 12.0. The van der Waals surface area contributed by atoms with E-state index in [9.17, 15) is 0 Å². The first kappa shape index (κ1) is 13.8. The average molecular weight is 284 g/mol. The third kappa shape index (κ3) is 4.16. The van der Waals surface area contributed by atoms with Gasteiger partial charge in [-0.15, -0.1) is 0 Å². The molecule has 3 rings (SSSR count). The summed E-state index contributed by atoms with van der Waals surface area (Å²) in [6.45, 7) is 2.74. The molecule has 0 aliphatic carbocycles. The first-order chi connectivity index (χ1) is 10.4.